The lowest BCUT2D eigenvalue weighted by Gasteiger charge is -2.08. The van der Waals surface area contributed by atoms with Crippen molar-refractivity contribution in [3.05, 3.63) is 28.8 Å². The minimum Gasteiger partial charge on any atom is -0.309 e. The molecule has 4 heteroatoms. The van der Waals surface area contributed by atoms with Crippen LogP contribution >= 0.6 is 23.2 Å². The van der Waals surface area contributed by atoms with Gasteiger partial charge in [-0.3, -0.25) is 0 Å². The predicted molar refractivity (Wildman–Crippen MR) is 72.6 cm³/mol. The third-order valence-corrected chi connectivity index (χ3v) is 3.34. The molecule has 0 aliphatic rings. The molecule has 0 aromatic heterocycles. The molecule has 0 unspecified atom stereocenters. The van der Waals surface area contributed by atoms with E-state index in [4.69, 9.17) is 11.6 Å². The van der Waals surface area contributed by atoms with E-state index in [1.165, 1.54) is 5.46 Å². The van der Waals surface area contributed by atoms with E-state index in [-0.39, 0.29) is 0 Å². The number of hydrogen-bond acceptors (Lipinski definition) is 2. The van der Waals surface area contributed by atoms with Gasteiger partial charge in [0.25, 0.3) is 0 Å². The van der Waals surface area contributed by atoms with Crippen molar-refractivity contribution < 1.29 is 0 Å². The first-order valence-corrected chi connectivity index (χ1v) is 6.38. The number of benzene rings is 1. The Morgan fingerprint density at radius 1 is 1.40 bits per heavy atom. The van der Waals surface area contributed by atoms with Gasteiger partial charge in [-0.25, -0.2) is 11.6 Å². The molecular weight excluding hydrogens is 224 g/mol. The van der Waals surface area contributed by atoms with Crippen molar-refractivity contribution in [3.8, 4) is 0 Å². The molecule has 0 atom stereocenters. The smallest absolute Gasteiger partial charge is 0.229 e. The highest BCUT2D eigenvalue weighted by molar-refractivity contribution is 8.23. The number of rotatable bonds is 5. The topological polar surface area (TPSA) is 3.24 Å². The second-order valence-corrected chi connectivity index (χ2v) is 5.19. The van der Waals surface area contributed by atoms with E-state index in [1.807, 2.05) is 24.6 Å². The van der Waals surface area contributed by atoms with Gasteiger partial charge in [0.2, 0.25) is 6.56 Å². The first-order valence-electron chi connectivity index (χ1n) is 4.95. The summed E-state index contributed by atoms with van der Waals surface area (Å²) in [7, 11) is 4.17. The van der Waals surface area contributed by atoms with Gasteiger partial charge in [-0.2, -0.15) is 0 Å². The van der Waals surface area contributed by atoms with Gasteiger partial charge in [0.15, 0.2) is 0 Å². The molecule has 0 spiro atoms. The summed E-state index contributed by atoms with van der Waals surface area (Å²) < 4.78 is 0. The van der Waals surface area contributed by atoms with Crippen molar-refractivity contribution in [2.75, 3.05) is 26.4 Å². The first kappa shape index (κ1) is 13.0. The number of aryl methyl sites for hydroxylation is 1. The third-order valence-electron chi connectivity index (χ3n) is 2.07. The van der Waals surface area contributed by atoms with Crippen LogP contribution in [0.5, 0.6) is 0 Å². The third kappa shape index (κ3) is 4.96. The molecule has 0 N–H and O–H groups in total. The molecule has 0 fully saturated rings. The minimum atomic E-state index is 0.844. The Bertz CT molecular complexity index is 317. The standard InChI is InChI=1S/C11H16BClNS/c1-9-4-5-10(8-11(9)13)12-15-7-6-14(2)3/h4-5,8H,6-7H2,1-3H3. The van der Waals surface area contributed by atoms with Gasteiger partial charge in [0.1, 0.15) is 0 Å². The van der Waals surface area contributed by atoms with Crippen LogP contribution in [0.3, 0.4) is 0 Å². The molecule has 0 amide bonds. The molecule has 1 aromatic rings. The summed E-state index contributed by atoms with van der Waals surface area (Å²) in [6, 6.07) is 6.17. The highest BCUT2D eigenvalue weighted by Gasteiger charge is 2.00. The van der Waals surface area contributed by atoms with Crippen molar-refractivity contribution in [2.24, 2.45) is 0 Å². The van der Waals surface area contributed by atoms with Crippen LogP contribution in [0.1, 0.15) is 5.56 Å². The fourth-order valence-electron chi connectivity index (χ4n) is 1.07. The number of hydrogen-bond donors (Lipinski definition) is 0. The van der Waals surface area contributed by atoms with Crippen LogP contribution in [0.4, 0.5) is 0 Å². The molecule has 0 heterocycles. The van der Waals surface area contributed by atoms with Crippen LogP contribution in [0, 0.1) is 6.92 Å². The zero-order valence-electron chi connectivity index (χ0n) is 9.46. The average Bonchev–Trinajstić information content (AvgIpc) is 2.18. The molecule has 1 radical (unpaired) electrons. The highest BCUT2D eigenvalue weighted by Crippen LogP contribution is 2.12. The summed E-state index contributed by atoms with van der Waals surface area (Å²) in [5.41, 5.74) is 2.32. The van der Waals surface area contributed by atoms with Crippen molar-refractivity contribution in [3.63, 3.8) is 0 Å². The second-order valence-electron chi connectivity index (χ2n) is 3.80. The van der Waals surface area contributed by atoms with E-state index in [9.17, 15) is 0 Å². The second kappa shape index (κ2) is 6.46. The molecule has 0 saturated heterocycles. The Balaban J connectivity index is 2.35. The SMILES string of the molecule is Cc1ccc([B]SCCN(C)C)cc1Cl. The van der Waals surface area contributed by atoms with E-state index in [2.05, 4.69) is 37.7 Å². The highest BCUT2D eigenvalue weighted by atomic mass is 35.5. The molecular formula is C11H16BClNS. The van der Waals surface area contributed by atoms with Gasteiger partial charge in [0, 0.05) is 11.6 Å². The Morgan fingerprint density at radius 3 is 2.73 bits per heavy atom. The van der Waals surface area contributed by atoms with Crippen molar-refractivity contribution in [1.82, 2.24) is 4.90 Å². The zero-order chi connectivity index (χ0) is 11.3. The largest absolute Gasteiger partial charge is 0.309 e. The summed E-state index contributed by atoms with van der Waals surface area (Å²) in [5.74, 6) is 1.11. The molecule has 0 bridgehead atoms. The summed E-state index contributed by atoms with van der Waals surface area (Å²) in [4.78, 5) is 2.18. The normalized spacial score (nSPS) is 10.7. The van der Waals surface area contributed by atoms with Gasteiger partial charge in [-0.1, -0.05) is 29.2 Å². The van der Waals surface area contributed by atoms with Gasteiger partial charge in [-0.15, -0.1) is 0 Å². The quantitative estimate of drug-likeness (QED) is 0.573. The summed E-state index contributed by atoms with van der Waals surface area (Å²) in [6.45, 7) is 5.28. The fraction of sp³-hybridized carbons (Fsp3) is 0.455. The zero-order valence-corrected chi connectivity index (χ0v) is 11.0. The fourth-order valence-corrected chi connectivity index (χ4v) is 2.19. The lowest BCUT2D eigenvalue weighted by Crippen LogP contribution is -2.18. The minimum absolute atomic E-state index is 0.844. The monoisotopic (exact) mass is 240 g/mol. The Kier molecular flexibility index (Phi) is 5.58. The van der Waals surface area contributed by atoms with Crippen LogP contribution < -0.4 is 5.46 Å². The van der Waals surface area contributed by atoms with E-state index in [0.717, 1.165) is 22.9 Å². The van der Waals surface area contributed by atoms with E-state index in [0.29, 0.717) is 0 Å². The van der Waals surface area contributed by atoms with Crippen molar-refractivity contribution in [1.29, 1.82) is 0 Å². The number of nitrogens with zero attached hydrogens (tertiary/aromatic N) is 1. The molecule has 0 aliphatic heterocycles. The van der Waals surface area contributed by atoms with Crippen LogP contribution in [0.25, 0.3) is 0 Å². The van der Waals surface area contributed by atoms with Gasteiger partial charge in [0.05, 0.1) is 0 Å². The first-order chi connectivity index (χ1) is 7.09. The average molecular weight is 241 g/mol. The summed E-state index contributed by atoms with van der Waals surface area (Å²) in [5, 5.41) is 0.844. The van der Waals surface area contributed by atoms with Crippen LogP contribution in [-0.2, 0) is 0 Å². The van der Waals surface area contributed by atoms with Gasteiger partial charge in [-0.05, 0) is 38.4 Å². The van der Waals surface area contributed by atoms with E-state index in [1.54, 1.807) is 0 Å². The molecule has 1 aromatic carbocycles. The Morgan fingerprint density at radius 2 is 2.13 bits per heavy atom. The van der Waals surface area contributed by atoms with Crippen molar-refractivity contribution in [2.45, 2.75) is 6.92 Å². The molecule has 1 nitrogen and oxygen atoms in total. The van der Waals surface area contributed by atoms with Gasteiger partial charge >= 0.3 is 0 Å². The molecule has 1 rings (SSSR count). The summed E-state index contributed by atoms with van der Waals surface area (Å²) in [6.07, 6.45) is 0. The molecule has 15 heavy (non-hydrogen) atoms. The van der Waals surface area contributed by atoms with Crippen LogP contribution in [0.15, 0.2) is 18.2 Å². The maximum Gasteiger partial charge on any atom is 0.229 e. The van der Waals surface area contributed by atoms with Crippen LogP contribution in [-0.4, -0.2) is 37.9 Å². The lowest BCUT2D eigenvalue weighted by molar-refractivity contribution is 0.438. The van der Waals surface area contributed by atoms with E-state index >= 15 is 0 Å². The maximum atomic E-state index is 6.04. The predicted octanol–water partition coefficient (Wildman–Crippen LogP) is 2.19. The van der Waals surface area contributed by atoms with Crippen molar-refractivity contribution >= 4 is 35.2 Å². The molecule has 0 saturated carbocycles. The van der Waals surface area contributed by atoms with Gasteiger partial charge < -0.3 is 4.90 Å². The maximum absolute atomic E-state index is 6.04. The lowest BCUT2D eigenvalue weighted by atomic mass is 9.94. The van der Waals surface area contributed by atoms with Crippen LogP contribution in [0.2, 0.25) is 5.02 Å². The Labute approximate surface area is 102 Å². The molecule has 0 aliphatic carbocycles. The molecule has 81 valence electrons. The Hall–Kier alpha value is -0.115. The van der Waals surface area contributed by atoms with E-state index < -0.39 is 0 Å². The number of halogens is 1. The summed E-state index contributed by atoms with van der Waals surface area (Å²) >= 11 is 7.86.